The SMILES string of the molecule is O=S(=O)(Nc1ccccc1C(F)(F)F)c1cc(OCC(F)(F)F)ccc1OCC(F)(F)F. The topological polar surface area (TPSA) is 64.6 Å². The number of ether oxygens (including phenoxy) is 2. The summed E-state index contributed by atoms with van der Waals surface area (Å²) in [6, 6.07) is 4.99. The van der Waals surface area contributed by atoms with Gasteiger partial charge in [-0.25, -0.2) is 8.42 Å². The molecular weight excluding hydrogens is 485 g/mol. The number of hydrogen-bond donors (Lipinski definition) is 1. The maximum Gasteiger partial charge on any atom is 0.422 e. The molecule has 15 heteroatoms. The monoisotopic (exact) mass is 497 g/mol. The number of para-hydroxylation sites is 1. The minimum atomic E-state index is -5.07. The quantitative estimate of drug-likeness (QED) is 0.522. The van der Waals surface area contributed by atoms with Gasteiger partial charge in [-0.3, -0.25) is 4.72 Å². The van der Waals surface area contributed by atoms with Gasteiger partial charge in [-0.1, -0.05) is 12.1 Å². The van der Waals surface area contributed by atoms with Crippen LogP contribution in [-0.2, 0) is 16.2 Å². The summed E-state index contributed by atoms with van der Waals surface area (Å²) in [6.07, 6.45) is -14.7. The summed E-state index contributed by atoms with van der Waals surface area (Å²) in [5, 5.41) is 0. The zero-order valence-electron chi connectivity index (χ0n) is 15.4. The maximum absolute atomic E-state index is 13.1. The zero-order valence-corrected chi connectivity index (χ0v) is 16.2. The minimum Gasteiger partial charge on any atom is -0.484 e. The molecule has 0 amide bonds. The van der Waals surface area contributed by atoms with Crippen molar-refractivity contribution in [2.24, 2.45) is 0 Å². The average molecular weight is 497 g/mol. The zero-order chi connectivity index (χ0) is 24.4. The van der Waals surface area contributed by atoms with E-state index in [-0.39, 0.29) is 0 Å². The Bertz CT molecular complexity index is 1050. The lowest BCUT2D eigenvalue weighted by molar-refractivity contribution is -0.154. The molecule has 0 spiro atoms. The van der Waals surface area contributed by atoms with Gasteiger partial charge in [0, 0.05) is 6.07 Å². The van der Waals surface area contributed by atoms with E-state index in [4.69, 9.17) is 0 Å². The average Bonchev–Trinajstić information content (AvgIpc) is 2.63. The van der Waals surface area contributed by atoms with E-state index in [0.29, 0.717) is 24.3 Å². The highest BCUT2D eigenvalue weighted by Gasteiger charge is 2.35. The Morgan fingerprint density at radius 2 is 1.34 bits per heavy atom. The van der Waals surface area contributed by atoms with Gasteiger partial charge in [0.1, 0.15) is 16.4 Å². The smallest absolute Gasteiger partial charge is 0.422 e. The Hall–Kier alpha value is -2.84. The van der Waals surface area contributed by atoms with Gasteiger partial charge in [-0.05, 0) is 24.3 Å². The van der Waals surface area contributed by atoms with Crippen LogP contribution in [0.25, 0.3) is 0 Å². The molecule has 0 fully saturated rings. The highest BCUT2D eigenvalue weighted by atomic mass is 32.2. The number of nitrogens with one attached hydrogen (secondary N) is 1. The number of sulfonamides is 1. The van der Waals surface area contributed by atoms with E-state index >= 15 is 0 Å². The second-order valence-electron chi connectivity index (χ2n) is 6.07. The first-order valence-corrected chi connectivity index (χ1v) is 9.68. The fourth-order valence-electron chi connectivity index (χ4n) is 2.25. The van der Waals surface area contributed by atoms with Crippen molar-refractivity contribution in [2.75, 3.05) is 17.9 Å². The highest BCUT2D eigenvalue weighted by Crippen LogP contribution is 2.37. The Morgan fingerprint density at radius 1 is 0.781 bits per heavy atom. The van der Waals surface area contributed by atoms with E-state index in [1.807, 2.05) is 0 Å². The van der Waals surface area contributed by atoms with Crippen LogP contribution in [0.3, 0.4) is 0 Å². The molecule has 2 aromatic rings. The third-order valence-corrected chi connectivity index (χ3v) is 4.86. The van der Waals surface area contributed by atoms with Gasteiger partial charge in [0.2, 0.25) is 0 Å². The van der Waals surface area contributed by atoms with Gasteiger partial charge in [0.15, 0.2) is 13.2 Å². The summed E-state index contributed by atoms with van der Waals surface area (Å²) < 4.78 is 149. The fraction of sp³-hybridized carbons (Fsp3) is 0.294. The highest BCUT2D eigenvalue weighted by molar-refractivity contribution is 7.92. The lowest BCUT2D eigenvalue weighted by Crippen LogP contribution is -2.22. The molecule has 32 heavy (non-hydrogen) atoms. The summed E-state index contributed by atoms with van der Waals surface area (Å²) in [5.74, 6) is -1.70. The van der Waals surface area contributed by atoms with E-state index in [1.54, 1.807) is 4.72 Å². The first-order valence-electron chi connectivity index (χ1n) is 8.20. The predicted molar refractivity (Wildman–Crippen MR) is 91.8 cm³/mol. The van der Waals surface area contributed by atoms with E-state index in [0.717, 1.165) is 18.2 Å². The third-order valence-electron chi connectivity index (χ3n) is 3.48. The molecule has 0 atom stereocenters. The van der Waals surface area contributed by atoms with Crippen molar-refractivity contribution in [3.8, 4) is 11.5 Å². The predicted octanol–water partition coefficient (Wildman–Crippen LogP) is 5.39. The van der Waals surface area contributed by atoms with Crippen LogP contribution in [0.5, 0.6) is 11.5 Å². The van der Waals surface area contributed by atoms with E-state index in [1.165, 1.54) is 0 Å². The number of alkyl halides is 9. The number of halogens is 9. The van der Waals surface area contributed by atoms with Crippen LogP contribution < -0.4 is 14.2 Å². The van der Waals surface area contributed by atoms with Crippen molar-refractivity contribution >= 4 is 15.7 Å². The molecule has 0 aliphatic carbocycles. The van der Waals surface area contributed by atoms with Crippen molar-refractivity contribution in [3.05, 3.63) is 48.0 Å². The van der Waals surface area contributed by atoms with Gasteiger partial charge in [0.25, 0.3) is 10.0 Å². The summed E-state index contributed by atoms with van der Waals surface area (Å²) in [4.78, 5) is -1.17. The summed E-state index contributed by atoms with van der Waals surface area (Å²) in [6.45, 7) is -3.84. The van der Waals surface area contributed by atoms with Gasteiger partial charge in [-0.15, -0.1) is 0 Å². The van der Waals surface area contributed by atoms with Gasteiger partial charge < -0.3 is 9.47 Å². The molecule has 2 aromatic carbocycles. The molecule has 178 valence electrons. The maximum atomic E-state index is 13.1. The Kier molecular flexibility index (Phi) is 7.11. The van der Waals surface area contributed by atoms with Crippen molar-refractivity contribution in [1.29, 1.82) is 0 Å². The van der Waals surface area contributed by atoms with Crippen LogP contribution in [0, 0.1) is 0 Å². The van der Waals surface area contributed by atoms with Crippen LogP contribution in [0.2, 0.25) is 0 Å². The van der Waals surface area contributed by atoms with Crippen LogP contribution >= 0.6 is 0 Å². The Morgan fingerprint density at radius 3 is 1.91 bits per heavy atom. The van der Waals surface area contributed by atoms with Crippen molar-refractivity contribution < 1.29 is 57.4 Å². The molecule has 0 unspecified atom stereocenters. The molecule has 0 saturated carbocycles. The minimum absolute atomic E-state index is 0.399. The first-order chi connectivity index (χ1) is 14.5. The summed E-state index contributed by atoms with van der Waals surface area (Å²) in [7, 11) is -5.07. The Balaban J connectivity index is 2.48. The first kappa shape index (κ1) is 25.4. The van der Waals surface area contributed by atoms with Gasteiger partial charge in [0.05, 0.1) is 11.3 Å². The van der Waals surface area contributed by atoms with Crippen molar-refractivity contribution in [3.63, 3.8) is 0 Å². The third kappa shape index (κ3) is 7.39. The number of rotatable bonds is 7. The normalized spacial score (nSPS) is 13.0. The van der Waals surface area contributed by atoms with Crippen molar-refractivity contribution in [1.82, 2.24) is 0 Å². The van der Waals surface area contributed by atoms with E-state index in [9.17, 15) is 47.9 Å². The second kappa shape index (κ2) is 8.96. The molecule has 0 aliphatic heterocycles. The van der Waals surface area contributed by atoms with Gasteiger partial charge >= 0.3 is 18.5 Å². The molecule has 0 saturated heterocycles. The summed E-state index contributed by atoms with van der Waals surface area (Å²) in [5.41, 5.74) is -2.38. The molecule has 0 radical (unpaired) electrons. The molecule has 2 rings (SSSR count). The molecule has 0 heterocycles. The number of benzene rings is 2. The molecule has 1 N–H and O–H groups in total. The van der Waals surface area contributed by atoms with Crippen LogP contribution in [0.15, 0.2) is 47.4 Å². The molecule has 0 bridgehead atoms. The standard InChI is InChI=1S/C17H12F9NO4S/c18-15(19,20)8-30-10-5-6-13(31-9-16(21,22)23)14(7-10)32(28,29)27-12-4-2-1-3-11(12)17(24,25)26/h1-7,27H,8-9H2. The number of hydrogen-bond acceptors (Lipinski definition) is 4. The summed E-state index contributed by atoms with van der Waals surface area (Å²) >= 11 is 0. The lowest BCUT2D eigenvalue weighted by Gasteiger charge is -2.18. The fourth-order valence-corrected chi connectivity index (χ4v) is 3.49. The van der Waals surface area contributed by atoms with Crippen molar-refractivity contribution in [2.45, 2.75) is 23.4 Å². The van der Waals surface area contributed by atoms with Gasteiger partial charge in [-0.2, -0.15) is 39.5 Å². The van der Waals surface area contributed by atoms with Crippen LogP contribution in [0.1, 0.15) is 5.56 Å². The lowest BCUT2D eigenvalue weighted by atomic mass is 10.2. The molecular formula is C17H12F9NO4S. The van der Waals surface area contributed by atoms with E-state index in [2.05, 4.69) is 9.47 Å². The molecule has 0 aliphatic rings. The molecule has 0 aromatic heterocycles. The second-order valence-corrected chi connectivity index (χ2v) is 7.72. The van der Waals surface area contributed by atoms with E-state index < -0.39 is 69.4 Å². The van der Waals surface area contributed by atoms with Crippen LogP contribution in [0.4, 0.5) is 45.2 Å². The largest absolute Gasteiger partial charge is 0.484 e. The van der Waals surface area contributed by atoms with Crippen LogP contribution in [-0.4, -0.2) is 34.0 Å². The molecule has 5 nitrogen and oxygen atoms in total. The number of anilines is 1. The Labute approximate surface area is 174 Å².